The van der Waals surface area contributed by atoms with E-state index in [0.29, 0.717) is 0 Å². The Balaban J connectivity index is 2.37. The number of benzene rings is 1. The van der Waals surface area contributed by atoms with Crippen molar-refractivity contribution in [3.63, 3.8) is 0 Å². The summed E-state index contributed by atoms with van der Waals surface area (Å²) in [7, 11) is 1.98. The van der Waals surface area contributed by atoms with Gasteiger partial charge in [-0.2, -0.15) is 5.10 Å². The van der Waals surface area contributed by atoms with Crippen LogP contribution < -0.4 is 5.32 Å². The molecule has 0 amide bonds. The number of rotatable bonds is 4. The van der Waals surface area contributed by atoms with Crippen LogP contribution in [-0.4, -0.2) is 16.8 Å². The molecule has 1 N–H and O–H groups in total. The quantitative estimate of drug-likeness (QED) is 0.847. The van der Waals surface area contributed by atoms with E-state index in [1.807, 2.05) is 24.0 Å². The molecule has 3 heteroatoms. The summed E-state index contributed by atoms with van der Waals surface area (Å²) in [6.07, 6.45) is 1.85. The van der Waals surface area contributed by atoms with Gasteiger partial charge < -0.3 is 5.32 Å². The van der Waals surface area contributed by atoms with Crippen LogP contribution in [0.3, 0.4) is 0 Å². The topological polar surface area (TPSA) is 29.9 Å². The molecule has 0 bridgehead atoms. The lowest BCUT2D eigenvalue weighted by Crippen LogP contribution is -2.21. The van der Waals surface area contributed by atoms with Gasteiger partial charge in [0.15, 0.2) is 0 Å². The maximum atomic E-state index is 4.31. The zero-order valence-corrected chi connectivity index (χ0v) is 9.72. The first-order chi connectivity index (χ1) is 7.86. The molecule has 2 rings (SSSR count). The van der Waals surface area contributed by atoms with Crippen molar-refractivity contribution in [2.24, 2.45) is 0 Å². The molecular weight excluding hydrogens is 198 g/mol. The molecule has 1 aromatic carbocycles. The molecule has 3 nitrogen and oxygen atoms in total. The van der Waals surface area contributed by atoms with Crippen molar-refractivity contribution in [2.45, 2.75) is 19.5 Å². The van der Waals surface area contributed by atoms with Crippen LogP contribution in [0.25, 0.3) is 0 Å². The standard InChI is InChI=1S/C13H17N3/c1-3-16-12(9-10-15-16)13(14-2)11-7-5-4-6-8-11/h4-10,13-14H,3H2,1-2H3. The van der Waals surface area contributed by atoms with Crippen molar-refractivity contribution in [1.29, 1.82) is 0 Å². The summed E-state index contributed by atoms with van der Waals surface area (Å²) in [4.78, 5) is 0. The molecule has 0 saturated heterocycles. The summed E-state index contributed by atoms with van der Waals surface area (Å²) < 4.78 is 2.02. The van der Waals surface area contributed by atoms with Crippen LogP contribution in [-0.2, 0) is 6.54 Å². The van der Waals surface area contributed by atoms with Crippen molar-refractivity contribution in [2.75, 3.05) is 7.05 Å². The predicted octanol–water partition coefficient (Wildman–Crippen LogP) is 2.21. The first-order valence-corrected chi connectivity index (χ1v) is 5.60. The van der Waals surface area contributed by atoms with Crippen LogP contribution in [0, 0.1) is 0 Å². The Kier molecular flexibility index (Phi) is 3.37. The Hall–Kier alpha value is -1.61. The summed E-state index contributed by atoms with van der Waals surface area (Å²) >= 11 is 0. The minimum Gasteiger partial charge on any atom is -0.308 e. The maximum absolute atomic E-state index is 4.31. The second-order valence-corrected chi connectivity index (χ2v) is 3.70. The highest BCUT2D eigenvalue weighted by Gasteiger charge is 2.15. The van der Waals surface area contributed by atoms with E-state index in [4.69, 9.17) is 0 Å². The Morgan fingerprint density at radius 2 is 2.00 bits per heavy atom. The zero-order valence-electron chi connectivity index (χ0n) is 9.72. The third-order valence-electron chi connectivity index (χ3n) is 2.77. The highest BCUT2D eigenvalue weighted by Crippen LogP contribution is 2.20. The molecule has 1 unspecified atom stereocenters. The fourth-order valence-electron chi connectivity index (χ4n) is 1.98. The van der Waals surface area contributed by atoms with Gasteiger partial charge in [-0.05, 0) is 25.6 Å². The molecule has 0 aliphatic rings. The first-order valence-electron chi connectivity index (χ1n) is 5.60. The highest BCUT2D eigenvalue weighted by molar-refractivity contribution is 5.27. The smallest absolute Gasteiger partial charge is 0.0745 e. The summed E-state index contributed by atoms with van der Waals surface area (Å²) in [5, 5.41) is 7.64. The average molecular weight is 215 g/mol. The van der Waals surface area contributed by atoms with Gasteiger partial charge in [-0.15, -0.1) is 0 Å². The fraction of sp³-hybridized carbons (Fsp3) is 0.308. The van der Waals surface area contributed by atoms with Gasteiger partial charge in [-0.1, -0.05) is 30.3 Å². The van der Waals surface area contributed by atoms with Crippen LogP contribution in [0.2, 0.25) is 0 Å². The SMILES string of the molecule is CCn1nccc1C(NC)c1ccccc1. The number of nitrogens with zero attached hydrogens (tertiary/aromatic N) is 2. The van der Waals surface area contributed by atoms with Crippen LogP contribution >= 0.6 is 0 Å². The van der Waals surface area contributed by atoms with Gasteiger partial charge >= 0.3 is 0 Å². The van der Waals surface area contributed by atoms with E-state index < -0.39 is 0 Å². The lowest BCUT2D eigenvalue weighted by Gasteiger charge is -2.17. The lowest BCUT2D eigenvalue weighted by molar-refractivity contribution is 0.563. The van der Waals surface area contributed by atoms with Gasteiger partial charge in [-0.25, -0.2) is 0 Å². The van der Waals surface area contributed by atoms with Crippen molar-refractivity contribution in [1.82, 2.24) is 15.1 Å². The van der Waals surface area contributed by atoms with E-state index in [1.54, 1.807) is 0 Å². The second-order valence-electron chi connectivity index (χ2n) is 3.70. The molecule has 0 spiro atoms. The number of nitrogens with one attached hydrogen (secondary N) is 1. The zero-order chi connectivity index (χ0) is 11.4. The molecule has 1 heterocycles. The van der Waals surface area contributed by atoms with E-state index in [0.717, 1.165) is 6.54 Å². The molecule has 16 heavy (non-hydrogen) atoms. The molecule has 0 saturated carbocycles. The molecular formula is C13H17N3. The Labute approximate surface area is 96.1 Å². The van der Waals surface area contributed by atoms with E-state index in [2.05, 4.69) is 47.7 Å². The van der Waals surface area contributed by atoms with Gasteiger partial charge in [0.25, 0.3) is 0 Å². The van der Waals surface area contributed by atoms with Crippen LogP contribution in [0.5, 0.6) is 0 Å². The molecule has 2 aromatic rings. The van der Waals surface area contributed by atoms with Crippen molar-refractivity contribution in [3.8, 4) is 0 Å². The highest BCUT2D eigenvalue weighted by atomic mass is 15.3. The second kappa shape index (κ2) is 4.94. The van der Waals surface area contributed by atoms with Crippen molar-refractivity contribution < 1.29 is 0 Å². The Morgan fingerprint density at radius 3 is 2.62 bits per heavy atom. The Bertz CT molecular complexity index is 433. The minimum absolute atomic E-state index is 0.212. The summed E-state index contributed by atoms with van der Waals surface area (Å²) in [5.41, 5.74) is 2.47. The van der Waals surface area contributed by atoms with Crippen LogP contribution in [0.4, 0.5) is 0 Å². The average Bonchev–Trinajstić information content (AvgIpc) is 2.80. The van der Waals surface area contributed by atoms with Crippen LogP contribution in [0.1, 0.15) is 24.2 Å². The van der Waals surface area contributed by atoms with E-state index in [1.165, 1.54) is 11.3 Å². The monoisotopic (exact) mass is 215 g/mol. The normalized spacial score (nSPS) is 12.6. The van der Waals surface area contributed by atoms with Crippen LogP contribution in [0.15, 0.2) is 42.6 Å². The van der Waals surface area contributed by atoms with Crippen molar-refractivity contribution in [3.05, 3.63) is 53.9 Å². The summed E-state index contributed by atoms with van der Waals surface area (Å²) in [6, 6.07) is 12.7. The number of aromatic nitrogens is 2. The molecule has 0 radical (unpaired) electrons. The largest absolute Gasteiger partial charge is 0.308 e. The molecule has 84 valence electrons. The number of hydrogen-bond donors (Lipinski definition) is 1. The Morgan fingerprint density at radius 1 is 1.25 bits per heavy atom. The maximum Gasteiger partial charge on any atom is 0.0745 e. The van der Waals surface area contributed by atoms with Crippen molar-refractivity contribution >= 4 is 0 Å². The van der Waals surface area contributed by atoms with E-state index in [-0.39, 0.29) is 6.04 Å². The first kappa shape index (κ1) is 10.9. The van der Waals surface area contributed by atoms with Gasteiger partial charge in [0, 0.05) is 12.7 Å². The molecule has 1 aromatic heterocycles. The number of hydrogen-bond acceptors (Lipinski definition) is 2. The minimum atomic E-state index is 0.212. The fourth-order valence-corrected chi connectivity index (χ4v) is 1.98. The molecule has 0 aliphatic carbocycles. The summed E-state index contributed by atoms with van der Waals surface area (Å²) in [5.74, 6) is 0. The molecule has 0 aliphatic heterocycles. The van der Waals surface area contributed by atoms with E-state index in [9.17, 15) is 0 Å². The number of aryl methyl sites for hydroxylation is 1. The molecule has 1 atom stereocenters. The molecule has 0 fully saturated rings. The third kappa shape index (κ3) is 1.99. The van der Waals surface area contributed by atoms with Gasteiger partial charge in [0.1, 0.15) is 0 Å². The third-order valence-corrected chi connectivity index (χ3v) is 2.77. The van der Waals surface area contributed by atoms with Gasteiger partial charge in [0.05, 0.1) is 11.7 Å². The van der Waals surface area contributed by atoms with E-state index >= 15 is 0 Å². The predicted molar refractivity (Wildman–Crippen MR) is 65.2 cm³/mol. The van der Waals surface area contributed by atoms with Gasteiger partial charge in [-0.3, -0.25) is 4.68 Å². The lowest BCUT2D eigenvalue weighted by atomic mass is 10.0. The van der Waals surface area contributed by atoms with Gasteiger partial charge in [0.2, 0.25) is 0 Å². The summed E-state index contributed by atoms with van der Waals surface area (Å²) in [6.45, 7) is 3.00.